The van der Waals surface area contributed by atoms with Crippen molar-refractivity contribution in [3.05, 3.63) is 81.8 Å². The Morgan fingerprint density at radius 1 is 1.08 bits per heavy atom. The van der Waals surface area contributed by atoms with Crippen molar-refractivity contribution in [1.82, 2.24) is 10.4 Å². The van der Waals surface area contributed by atoms with E-state index < -0.39 is 0 Å². The molecule has 0 spiro atoms. The zero-order valence-electron chi connectivity index (χ0n) is 14.1. The van der Waals surface area contributed by atoms with Gasteiger partial charge in [0.05, 0.1) is 12.1 Å². The van der Waals surface area contributed by atoms with Crippen molar-refractivity contribution in [1.29, 1.82) is 0 Å². The van der Waals surface area contributed by atoms with E-state index in [9.17, 15) is 0 Å². The zero-order valence-corrected chi connectivity index (χ0v) is 14.8. The van der Waals surface area contributed by atoms with Crippen LogP contribution in [0.2, 0.25) is 5.02 Å². The van der Waals surface area contributed by atoms with E-state index in [4.69, 9.17) is 16.4 Å². The summed E-state index contributed by atoms with van der Waals surface area (Å²) in [6.07, 6.45) is 9.02. The molecule has 2 aliphatic heterocycles. The van der Waals surface area contributed by atoms with Gasteiger partial charge in [-0.2, -0.15) is 0 Å². The summed E-state index contributed by atoms with van der Waals surface area (Å²) >= 11 is 6.08. The first-order valence-corrected chi connectivity index (χ1v) is 8.70. The van der Waals surface area contributed by atoms with Crippen LogP contribution in [-0.2, 0) is 4.84 Å². The number of halogens is 1. The molecule has 3 atom stereocenters. The Kier molecular flexibility index (Phi) is 3.78. The molecule has 2 heterocycles. The van der Waals surface area contributed by atoms with Crippen molar-refractivity contribution >= 4 is 11.6 Å². The molecule has 0 radical (unpaired) electrons. The van der Waals surface area contributed by atoms with Crippen LogP contribution in [0.5, 0.6) is 0 Å². The number of allylic oxidation sites excluding steroid dienone is 3. The Bertz CT molecular complexity index is 788. The minimum absolute atomic E-state index is 0.106. The van der Waals surface area contributed by atoms with Gasteiger partial charge in [0.1, 0.15) is 0 Å². The lowest BCUT2D eigenvalue weighted by Gasteiger charge is -2.36. The average molecular weight is 341 g/mol. The third-order valence-electron chi connectivity index (χ3n) is 4.93. The van der Waals surface area contributed by atoms with Gasteiger partial charge in [-0.3, -0.25) is 0 Å². The van der Waals surface area contributed by atoms with E-state index in [1.165, 1.54) is 22.3 Å². The number of benzene rings is 1. The summed E-state index contributed by atoms with van der Waals surface area (Å²) in [4.78, 5) is 8.02. The van der Waals surface area contributed by atoms with Crippen LogP contribution >= 0.6 is 11.6 Å². The lowest BCUT2D eigenvalue weighted by atomic mass is 9.85. The SMILES string of the molecule is CC1C=CC2=C(C=C1)C(c1ccc(Cl)cc1)N(C)C1=C2C(C)NO1. The fraction of sp³-hybridized carbons (Fsp3) is 0.300. The highest BCUT2D eigenvalue weighted by atomic mass is 35.5. The third kappa shape index (κ3) is 2.40. The van der Waals surface area contributed by atoms with Crippen LogP contribution in [0.4, 0.5) is 0 Å². The molecule has 0 saturated carbocycles. The lowest BCUT2D eigenvalue weighted by Crippen LogP contribution is -2.30. The van der Waals surface area contributed by atoms with Gasteiger partial charge >= 0.3 is 0 Å². The number of rotatable bonds is 1. The average Bonchev–Trinajstić information content (AvgIpc) is 2.85. The van der Waals surface area contributed by atoms with Crippen molar-refractivity contribution in [3.63, 3.8) is 0 Å². The maximum atomic E-state index is 6.08. The molecule has 0 fully saturated rings. The first-order valence-electron chi connectivity index (χ1n) is 8.32. The molecule has 1 aliphatic carbocycles. The summed E-state index contributed by atoms with van der Waals surface area (Å²) < 4.78 is 0. The van der Waals surface area contributed by atoms with Gasteiger partial charge in [0.15, 0.2) is 0 Å². The number of likely N-dealkylation sites (N-methyl/N-ethyl adjacent to an activating group) is 1. The van der Waals surface area contributed by atoms with Crippen LogP contribution < -0.4 is 5.48 Å². The molecular weight excluding hydrogens is 320 g/mol. The highest BCUT2D eigenvalue weighted by molar-refractivity contribution is 6.30. The Balaban J connectivity index is 1.90. The van der Waals surface area contributed by atoms with Gasteiger partial charge in [-0.1, -0.05) is 55.0 Å². The van der Waals surface area contributed by atoms with Crippen LogP contribution in [-0.4, -0.2) is 18.0 Å². The summed E-state index contributed by atoms with van der Waals surface area (Å²) in [5.74, 6) is 1.33. The molecule has 0 amide bonds. The highest BCUT2D eigenvalue weighted by Gasteiger charge is 2.39. The minimum Gasteiger partial charge on any atom is -0.390 e. The molecule has 0 bridgehead atoms. The van der Waals surface area contributed by atoms with Gasteiger partial charge in [0.25, 0.3) is 0 Å². The van der Waals surface area contributed by atoms with Crippen LogP contribution in [0.1, 0.15) is 25.5 Å². The summed E-state index contributed by atoms with van der Waals surface area (Å²) in [5.41, 5.74) is 8.11. The molecule has 3 nitrogen and oxygen atoms in total. The maximum absolute atomic E-state index is 6.08. The summed E-state index contributed by atoms with van der Waals surface area (Å²) in [6, 6.07) is 8.36. The molecule has 0 saturated heterocycles. The summed E-state index contributed by atoms with van der Waals surface area (Å²) in [5, 5.41) is 0.753. The number of fused-ring (bicyclic) bond motifs is 1. The molecule has 1 aromatic rings. The van der Waals surface area contributed by atoms with Crippen molar-refractivity contribution in [2.45, 2.75) is 25.9 Å². The number of hydroxylamine groups is 1. The molecule has 4 rings (SSSR count). The van der Waals surface area contributed by atoms with Crippen LogP contribution in [0.25, 0.3) is 0 Å². The van der Waals surface area contributed by atoms with Gasteiger partial charge in [-0.25, -0.2) is 0 Å². The first kappa shape index (κ1) is 15.6. The number of hydrogen-bond donors (Lipinski definition) is 1. The Morgan fingerprint density at radius 3 is 2.54 bits per heavy atom. The Labute approximate surface area is 147 Å². The van der Waals surface area contributed by atoms with E-state index >= 15 is 0 Å². The van der Waals surface area contributed by atoms with Crippen molar-refractivity contribution in [2.24, 2.45) is 5.92 Å². The molecular formula is C20H21ClN2O. The van der Waals surface area contributed by atoms with Gasteiger partial charge in [-0.15, -0.1) is 5.48 Å². The second-order valence-corrected chi connectivity index (χ2v) is 7.11. The normalized spacial score (nSPS) is 28.7. The van der Waals surface area contributed by atoms with E-state index in [0.29, 0.717) is 5.92 Å². The zero-order chi connectivity index (χ0) is 16.8. The molecule has 24 heavy (non-hydrogen) atoms. The van der Waals surface area contributed by atoms with Crippen molar-refractivity contribution in [2.75, 3.05) is 7.05 Å². The summed E-state index contributed by atoms with van der Waals surface area (Å²) in [7, 11) is 2.09. The molecule has 1 N–H and O–H groups in total. The molecule has 124 valence electrons. The Hall–Kier alpha value is -1.97. The quantitative estimate of drug-likeness (QED) is 0.813. The fourth-order valence-corrected chi connectivity index (χ4v) is 3.79. The minimum atomic E-state index is 0.106. The Morgan fingerprint density at radius 2 is 1.79 bits per heavy atom. The van der Waals surface area contributed by atoms with E-state index in [1.807, 2.05) is 12.1 Å². The third-order valence-corrected chi connectivity index (χ3v) is 5.18. The predicted molar refractivity (Wildman–Crippen MR) is 97.1 cm³/mol. The van der Waals surface area contributed by atoms with Gasteiger partial charge in [-0.05, 0) is 41.7 Å². The number of nitrogens with zero attached hydrogens (tertiary/aromatic N) is 1. The predicted octanol–water partition coefficient (Wildman–Crippen LogP) is 4.52. The second kappa shape index (κ2) is 5.83. The number of hydrogen-bond acceptors (Lipinski definition) is 3. The van der Waals surface area contributed by atoms with Crippen LogP contribution in [0.3, 0.4) is 0 Å². The molecule has 1 aromatic carbocycles. The topological polar surface area (TPSA) is 24.5 Å². The second-order valence-electron chi connectivity index (χ2n) is 6.67. The fourth-order valence-electron chi connectivity index (χ4n) is 3.67. The van der Waals surface area contributed by atoms with Gasteiger partial charge < -0.3 is 9.74 Å². The van der Waals surface area contributed by atoms with Gasteiger partial charge in [0, 0.05) is 17.6 Å². The number of nitrogens with one attached hydrogen (secondary N) is 1. The monoisotopic (exact) mass is 340 g/mol. The van der Waals surface area contributed by atoms with E-state index in [-0.39, 0.29) is 12.1 Å². The van der Waals surface area contributed by atoms with E-state index in [1.54, 1.807) is 0 Å². The molecule has 3 unspecified atom stereocenters. The van der Waals surface area contributed by atoms with Crippen LogP contribution in [0.15, 0.2) is 71.2 Å². The summed E-state index contributed by atoms with van der Waals surface area (Å²) in [6.45, 7) is 4.34. The lowest BCUT2D eigenvalue weighted by molar-refractivity contribution is 0.0560. The standard InChI is InChI=1S/C20H21ClN2O/c1-12-4-10-16-17(11-5-12)19(14-6-8-15(21)9-7-14)23(3)20-18(16)13(2)22-24-20/h4-13,19,22H,1-3H3. The van der Waals surface area contributed by atoms with E-state index in [2.05, 4.69) is 67.7 Å². The largest absolute Gasteiger partial charge is 0.390 e. The van der Waals surface area contributed by atoms with Crippen molar-refractivity contribution < 1.29 is 4.84 Å². The van der Waals surface area contributed by atoms with Crippen molar-refractivity contribution in [3.8, 4) is 0 Å². The van der Waals surface area contributed by atoms with Gasteiger partial charge in [0.2, 0.25) is 5.88 Å². The first-order chi connectivity index (χ1) is 11.6. The smallest absolute Gasteiger partial charge is 0.220 e. The molecule has 0 aromatic heterocycles. The molecule has 4 heteroatoms. The molecule has 3 aliphatic rings. The maximum Gasteiger partial charge on any atom is 0.220 e. The van der Waals surface area contributed by atoms with E-state index in [0.717, 1.165) is 10.9 Å². The highest BCUT2D eigenvalue weighted by Crippen LogP contribution is 2.45. The van der Waals surface area contributed by atoms with Crippen LogP contribution in [0, 0.1) is 5.92 Å².